The van der Waals surface area contributed by atoms with Crippen LogP contribution in [-0.2, 0) is 9.84 Å². The van der Waals surface area contributed by atoms with E-state index in [-0.39, 0.29) is 53.9 Å². The second-order valence-corrected chi connectivity index (χ2v) is 7.69. The monoisotopic (exact) mass is 487 g/mol. The van der Waals surface area contributed by atoms with Crippen molar-refractivity contribution in [2.24, 2.45) is 4.99 Å². The van der Waals surface area contributed by atoms with Gasteiger partial charge in [0, 0.05) is 25.4 Å². The summed E-state index contributed by atoms with van der Waals surface area (Å²) in [6.45, 7) is 4.35. The molecule has 0 saturated heterocycles. The first-order chi connectivity index (χ1) is 11.4. The van der Waals surface area contributed by atoms with Crippen LogP contribution >= 0.6 is 24.0 Å². The van der Waals surface area contributed by atoms with Crippen LogP contribution in [0.2, 0.25) is 0 Å². The highest BCUT2D eigenvalue weighted by Crippen LogP contribution is 2.14. The Bertz CT molecular complexity index is 641. The number of nitrogens with zero attached hydrogens (tertiary/aromatic N) is 1. The molecule has 0 bridgehead atoms. The zero-order valence-electron chi connectivity index (χ0n) is 14.8. The average Bonchev–Trinajstić information content (AvgIpc) is 2.56. The van der Waals surface area contributed by atoms with Crippen LogP contribution in [0.25, 0.3) is 0 Å². The zero-order chi connectivity index (χ0) is 18.0. The van der Waals surface area contributed by atoms with Crippen LogP contribution in [0.15, 0.2) is 29.3 Å². The molecule has 0 radical (unpaired) electrons. The van der Waals surface area contributed by atoms with Gasteiger partial charge in [-0.1, -0.05) is 19.9 Å². The van der Waals surface area contributed by atoms with Crippen molar-refractivity contribution in [3.05, 3.63) is 30.1 Å². The number of ether oxygens (including phenoxy) is 1. The third-order valence-electron chi connectivity index (χ3n) is 3.42. The molecule has 1 aromatic rings. The molecule has 0 fully saturated rings. The maximum Gasteiger partial charge on any atom is 0.191 e. The van der Waals surface area contributed by atoms with Crippen LogP contribution in [0, 0.1) is 5.82 Å². The molecule has 144 valence electrons. The molecule has 0 amide bonds. The van der Waals surface area contributed by atoms with Gasteiger partial charge in [-0.3, -0.25) is 4.99 Å². The maximum atomic E-state index is 13.2. The summed E-state index contributed by atoms with van der Waals surface area (Å²) in [4.78, 5) is 4.04. The third-order valence-corrected chi connectivity index (χ3v) is 5.13. The van der Waals surface area contributed by atoms with Gasteiger partial charge >= 0.3 is 0 Å². The van der Waals surface area contributed by atoms with Gasteiger partial charge in [0.1, 0.15) is 17.7 Å². The molecule has 0 aliphatic carbocycles. The normalized spacial score (nSPS) is 12.9. The summed E-state index contributed by atoms with van der Waals surface area (Å²) < 4.78 is 41.8. The number of halogens is 2. The summed E-state index contributed by atoms with van der Waals surface area (Å²) in [5.74, 6) is 0.814. The molecule has 1 unspecified atom stereocenters. The van der Waals surface area contributed by atoms with Crippen LogP contribution < -0.4 is 15.4 Å². The van der Waals surface area contributed by atoms with Crippen molar-refractivity contribution < 1.29 is 17.5 Å². The number of hydrogen-bond acceptors (Lipinski definition) is 4. The van der Waals surface area contributed by atoms with Crippen molar-refractivity contribution in [2.75, 3.05) is 31.6 Å². The molecule has 0 heterocycles. The largest absolute Gasteiger partial charge is 0.489 e. The highest BCUT2D eigenvalue weighted by Gasteiger charge is 2.11. The molecule has 0 aliphatic rings. The zero-order valence-corrected chi connectivity index (χ0v) is 17.9. The fourth-order valence-electron chi connectivity index (χ4n) is 1.90. The van der Waals surface area contributed by atoms with Gasteiger partial charge in [0.2, 0.25) is 0 Å². The van der Waals surface area contributed by atoms with Crippen molar-refractivity contribution in [2.45, 2.75) is 26.4 Å². The van der Waals surface area contributed by atoms with Gasteiger partial charge in [-0.05, 0) is 18.6 Å². The highest BCUT2D eigenvalue weighted by atomic mass is 127. The van der Waals surface area contributed by atoms with E-state index in [1.807, 2.05) is 6.92 Å². The quantitative estimate of drug-likeness (QED) is 0.317. The van der Waals surface area contributed by atoms with Gasteiger partial charge in [-0.25, -0.2) is 12.8 Å². The van der Waals surface area contributed by atoms with Gasteiger partial charge in [0.15, 0.2) is 15.8 Å². The molecule has 1 atom stereocenters. The fraction of sp³-hybridized carbons (Fsp3) is 0.562. The number of rotatable bonds is 9. The molecule has 6 nitrogen and oxygen atoms in total. The minimum Gasteiger partial charge on any atom is -0.489 e. The smallest absolute Gasteiger partial charge is 0.191 e. The lowest BCUT2D eigenvalue weighted by atomic mass is 10.2. The predicted octanol–water partition coefficient (Wildman–Crippen LogP) is 2.20. The van der Waals surface area contributed by atoms with Crippen LogP contribution in [-0.4, -0.2) is 52.1 Å². The van der Waals surface area contributed by atoms with E-state index in [0.717, 1.165) is 6.42 Å². The molecule has 9 heteroatoms. The molecule has 25 heavy (non-hydrogen) atoms. The minimum atomic E-state index is -3.01. The first kappa shape index (κ1) is 23.9. The van der Waals surface area contributed by atoms with Gasteiger partial charge < -0.3 is 15.4 Å². The average molecular weight is 487 g/mol. The summed E-state index contributed by atoms with van der Waals surface area (Å²) >= 11 is 0. The molecular formula is C16H27FIN3O3S. The number of sulfone groups is 1. The van der Waals surface area contributed by atoms with E-state index < -0.39 is 9.84 Å². The number of aliphatic imine (C=N–C) groups is 1. The molecule has 0 spiro atoms. The summed E-state index contributed by atoms with van der Waals surface area (Å²) in [7, 11) is -1.40. The Hall–Kier alpha value is -1.10. The molecule has 0 aromatic heterocycles. The van der Waals surface area contributed by atoms with E-state index in [1.54, 1.807) is 26.1 Å². The second kappa shape index (κ2) is 12.3. The van der Waals surface area contributed by atoms with Crippen molar-refractivity contribution in [3.8, 4) is 5.75 Å². The Kier molecular flexibility index (Phi) is 11.7. The Balaban J connectivity index is 0.00000576. The Labute approximate surface area is 166 Å². The van der Waals surface area contributed by atoms with Gasteiger partial charge in [0.05, 0.1) is 12.3 Å². The molecule has 2 N–H and O–H groups in total. The van der Waals surface area contributed by atoms with Gasteiger partial charge in [-0.15, -0.1) is 24.0 Å². The molecule has 0 aliphatic heterocycles. The van der Waals surface area contributed by atoms with Crippen LogP contribution in [0.4, 0.5) is 4.39 Å². The van der Waals surface area contributed by atoms with Crippen molar-refractivity contribution in [1.82, 2.24) is 10.6 Å². The predicted molar refractivity (Wildman–Crippen MR) is 110 cm³/mol. The molecule has 1 rings (SSSR count). The first-order valence-electron chi connectivity index (χ1n) is 7.97. The van der Waals surface area contributed by atoms with Crippen LogP contribution in [0.1, 0.15) is 20.3 Å². The summed E-state index contributed by atoms with van der Waals surface area (Å²) in [6.07, 6.45) is 0.565. The van der Waals surface area contributed by atoms with E-state index in [9.17, 15) is 12.8 Å². The van der Waals surface area contributed by atoms with E-state index >= 15 is 0 Å². The topological polar surface area (TPSA) is 79.8 Å². The Morgan fingerprint density at radius 3 is 2.60 bits per heavy atom. The van der Waals surface area contributed by atoms with E-state index in [1.165, 1.54) is 12.1 Å². The van der Waals surface area contributed by atoms with Crippen molar-refractivity contribution in [3.63, 3.8) is 0 Å². The Morgan fingerprint density at radius 2 is 2.04 bits per heavy atom. The van der Waals surface area contributed by atoms with Crippen molar-refractivity contribution >= 4 is 39.8 Å². The van der Waals surface area contributed by atoms with Crippen LogP contribution in [0.3, 0.4) is 0 Å². The number of guanidine groups is 1. The van der Waals surface area contributed by atoms with E-state index in [4.69, 9.17) is 4.74 Å². The van der Waals surface area contributed by atoms with Gasteiger partial charge in [0.25, 0.3) is 0 Å². The van der Waals surface area contributed by atoms with E-state index in [2.05, 4.69) is 15.6 Å². The summed E-state index contributed by atoms with van der Waals surface area (Å²) in [5, 5.41) is 6.04. The maximum absolute atomic E-state index is 13.2. The van der Waals surface area contributed by atoms with E-state index in [0.29, 0.717) is 18.3 Å². The lowest BCUT2D eigenvalue weighted by Crippen LogP contribution is -2.43. The standard InChI is InChI=1S/C16H26FN3O3S.HI/c1-4-14(23-15-8-6-7-13(17)11-15)12-20-16(18-3)19-9-10-24(21,22)5-2;/h6-8,11,14H,4-5,9-10,12H2,1-3H3,(H2,18,19,20);1H. The lowest BCUT2D eigenvalue weighted by molar-refractivity contribution is 0.199. The molecule has 0 saturated carbocycles. The second-order valence-electron chi connectivity index (χ2n) is 5.22. The number of hydrogen-bond donors (Lipinski definition) is 2. The summed E-state index contributed by atoms with van der Waals surface area (Å²) in [5.41, 5.74) is 0. The van der Waals surface area contributed by atoms with Gasteiger partial charge in [-0.2, -0.15) is 0 Å². The highest BCUT2D eigenvalue weighted by molar-refractivity contribution is 14.0. The third kappa shape index (κ3) is 9.83. The lowest BCUT2D eigenvalue weighted by Gasteiger charge is -2.20. The minimum absolute atomic E-state index is 0. The van der Waals surface area contributed by atoms with Crippen molar-refractivity contribution in [1.29, 1.82) is 0 Å². The molecule has 1 aromatic carbocycles. The number of nitrogens with one attached hydrogen (secondary N) is 2. The SMILES string of the molecule is CCC(CNC(=NC)NCCS(=O)(=O)CC)Oc1cccc(F)c1.I. The van der Waals surface area contributed by atoms with Crippen LogP contribution in [0.5, 0.6) is 5.75 Å². The Morgan fingerprint density at radius 1 is 1.32 bits per heavy atom. The summed E-state index contributed by atoms with van der Waals surface area (Å²) in [6, 6.07) is 6.00. The fourth-order valence-corrected chi connectivity index (χ4v) is 2.60. The molecular weight excluding hydrogens is 460 g/mol. The number of benzene rings is 1. The first-order valence-corrected chi connectivity index (χ1v) is 9.79.